The zero-order chi connectivity index (χ0) is 23.3. The standard InChI is InChI=1S/C24H21F3N4OS/c1-31(19-7-3-2-4-8-19)12-13-32-22-10-9-18(14-20(22)24(25,26)27)29-23-30-21(16-33-23)17-6-5-11-28-15-17/h2-11,14-16H,12-13H2,1H3,(H,29,30). The van der Waals surface area contributed by atoms with E-state index < -0.39 is 11.7 Å². The van der Waals surface area contributed by atoms with Crippen molar-refractivity contribution in [1.29, 1.82) is 0 Å². The lowest BCUT2D eigenvalue weighted by atomic mass is 10.1. The van der Waals surface area contributed by atoms with Gasteiger partial charge in [-0.15, -0.1) is 11.3 Å². The number of anilines is 3. The largest absolute Gasteiger partial charge is 0.491 e. The molecule has 0 unspecified atom stereocenters. The van der Waals surface area contributed by atoms with Crippen molar-refractivity contribution in [2.24, 2.45) is 0 Å². The predicted octanol–water partition coefficient (Wildman–Crippen LogP) is 6.48. The second kappa shape index (κ2) is 9.91. The Morgan fingerprint density at radius 1 is 1.06 bits per heavy atom. The van der Waals surface area contributed by atoms with Gasteiger partial charge in [-0.3, -0.25) is 4.98 Å². The van der Waals surface area contributed by atoms with Gasteiger partial charge in [-0.1, -0.05) is 18.2 Å². The van der Waals surface area contributed by atoms with Crippen molar-refractivity contribution in [3.05, 3.63) is 84.0 Å². The van der Waals surface area contributed by atoms with E-state index in [9.17, 15) is 13.2 Å². The van der Waals surface area contributed by atoms with Crippen molar-refractivity contribution >= 4 is 27.8 Å². The number of benzene rings is 2. The third-order valence-electron chi connectivity index (χ3n) is 4.88. The molecule has 0 amide bonds. The van der Waals surface area contributed by atoms with Crippen LogP contribution < -0.4 is 15.0 Å². The van der Waals surface area contributed by atoms with Crippen LogP contribution in [0.1, 0.15) is 5.56 Å². The van der Waals surface area contributed by atoms with Crippen molar-refractivity contribution in [1.82, 2.24) is 9.97 Å². The fourth-order valence-electron chi connectivity index (χ4n) is 3.16. The molecule has 2 aromatic carbocycles. The number of thiazole rings is 1. The van der Waals surface area contributed by atoms with E-state index in [-0.39, 0.29) is 18.0 Å². The van der Waals surface area contributed by atoms with Crippen molar-refractivity contribution < 1.29 is 17.9 Å². The van der Waals surface area contributed by atoms with Crippen LogP contribution in [0.25, 0.3) is 11.3 Å². The normalized spacial score (nSPS) is 11.3. The minimum atomic E-state index is -4.55. The summed E-state index contributed by atoms with van der Waals surface area (Å²) in [5.41, 5.74) is 1.95. The second-order valence-corrected chi connectivity index (χ2v) is 8.08. The molecule has 0 fully saturated rings. The third-order valence-corrected chi connectivity index (χ3v) is 5.64. The van der Waals surface area contributed by atoms with Gasteiger partial charge in [0.15, 0.2) is 5.13 Å². The number of hydrogen-bond donors (Lipinski definition) is 1. The summed E-state index contributed by atoms with van der Waals surface area (Å²) >= 11 is 1.30. The number of hydrogen-bond acceptors (Lipinski definition) is 6. The highest BCUT2D eigenvalue weighted by Crippen LogP contribution is 2.39. The Morgan fingerprint density at radius 2 is 1.88 bits per heavy atom. The van der Waals surface area contributed by atoms with E-state index in [4.69, 9.17) is 4.74 Å². The highest BCUT2D eigenvalue weighted by molar-refractivity contribution is 7.14. The summed E-state index contributed by atoms with van der Waals surface area (Å²) in [5.74, 6) is -0.204. The first kappa shape index (κ1) is 22.6. The van der Waals surface area contributed by atoms with Gasteiger partial charge in [0, 0.05) is 41.8 Å². The van der Waals surface area contributed by atoms with Crippen molar-refractivity contribution in [2.75, 3.05) is 30.4 Å². The van der Waals surface area contributed by atoms with Crippen LogP contribution in [-0.4, -0.2) is 30.2 Å². The monoisotopic (exact) mass is 470 g/mol. The van der Waals surface area contributed by atoms with Crippen molar-refractivity contribution in [2.45, 2.75) is 6.18 Å². The van der Waals surface area contributed by atoms with Crippen LogP contribution in [0.5, 0.6) is 5.75 Å². The molecule has 2 aromatic heterocycles. The summed E-state index contributed by atoms with van der Waals surface area (Å²) < 4.78 is 46.6. The zero-order valence-corrected chi connectivity index (χ0v) is 18.5. The molecule has 9 heteroatoms. The Kier molecular flexibility index (Phi) is 6.79. The van der Waals surface area contributed by atoms with Gasteiger partial charge in [0.1, 0.15) is 12.4 Å². The molecule has 0 aliphatic rings. The number of alkyl halides is 3. The maximum Gasteiger partial charge on any atom is 0.420 e. The fraction of sp³-hybridized carbons (Fsp3) is 0.167. The molecular weight excluding hydrogens is 449 g/mol. The van der Waals surface area contributed by atoms with Crippen molar-refractivity contribution in [3.8, 4) is 17.0 Å². The van der Waals surface area contributed by atoms with Gasteiger partial charge in [-0.2, -0.15) is 13.2 Å². The second-order valence-electron chi connectivity index (χ2n) is 7.22. The van der Waals surface area contributed by atoms with E-state index in [1.165, 1.54) is 17.4 Å². The molecule has 0 radical (unpaired) electrons. The zero-order valence-electron chi connectivity index (χ0n) is 17.7. The highest BCUT2D eigenvalue weighted by atomic mass is 32.1. The summed E-state index contributed by atoms with van der Waals surface area (Å²) in [4.78, 5) is 10.4. The number of ether oxygens (including phenoxy) is 1. The molecule has 0 saturated carbocycles. The lowest BCUT2D eigenvalue weighted by Crippen LogP contribution is -2.24. The van der Waals surface area contributed by atoms with Gasteiger partial charge in [-0.05, 0) is 42.5 Å². The van der Waals surface area contributed by atoms with Gasteiger partial charge in [0.25, 0.3) is 0 Å². The molecule has 0 aliphatic carbocycles. The van der Waals surface area contributed by atoms with E-state index in [1.807, 2.05) is 53.7 Å². The van der Waals surface area contributed by atoms with E-state index in [0.717, 1.165) is 17.3 Å². The van der Waals surface area contributed by atoms with E-state index in [2.05, 4.69) is 15.3 Å². The maximum absolute atomic E-state index is 13.7. The first-order chi connectivity index (χ1) is 15.9. The molecule has 0 aliphatic heterocycles. The number of aromatic nitrogens is 2. The minimum Gasteiger partial charge on any atom is -0.491 e. The van der Waals surface area contributed by atoms with Crippen LogP contribution in [-0.2, 0) is 6.18 Å². The fourth-order valence-corrected chi connectivity index (χ4v) is 3.90. The summed E-state index contributed by atoms with van der Waals surface area (Å²) in [6.45, 7) is 0.555. The maximum atomic E-state index is 13.7. The van der Waals surface area contributed by atoms with Gasteiger partial charge in [-0.25, -0.2) is 4.98 Å². The summed E-state index contributed by atoms with van der Waals surface area (Å²) in [7, 11) is 1.87. The molecule has 0 saturated heterocycles. The van der Waals surface area contributed by atoms with Crippen LogP contribution in [0.15, 0.2) is 78.4 Å². The Labute approximate surface area is 193 Å². The molecular formula is C24H21F3N4OS. The number of halogens is 3. The summed E-state index contributed by atoms with van der Waals surface area (Å²) in [6, 6.07) is 17.2. The SMILES string of the molecule is CN(CCOc1ccc(Nc2nc(-c3cccnc3)cs2)cc1C(F)(F)F)c1ccccc1. The Bertz CT molecular complexity index is 1180. The smallest absolute Gasteiger partial charge is 0.420 e. The molecule has 5 nitrogen and oxygen atoms in total. The average Bonchev–Trinajstić information content (AvgIpc) is 3.29. The lowest BCUT2D eigenvalue weighted by Gasteiger charge is -2.20. The van der Waals surface area contributed by atoms with Crippen molar-refractivity contribution in [3.63, 3.8) is 0 Å². The molecule has 4 aromatic rings. The van der Waals surface area contributed by atoms with Crippen LogP contribution in [0.3, 0.4) is 0 Å². The predicted molar refractivity (Wildman–Crippen MR) is 125 cm³/mol. The van der Waals surface area contributed by atoms with Crippen LogP contribution in [0, 0.1) is 0 Å². The van der Waals surface area contributed by atoms with Gasteiger partial charge in [0.2, 0.25) is 0 Å². The number of rotatable bonds is 8. The van der Waals surface area contributed by atoms with E-state index in [0.29, 0.717) is 17.4 Å². The topological polar surface area (TPSA) is 50.3 Å². The van der Waals surface area contributed by atoms with E-state index >= 15 is 0 Å². The van der Waals surface area contributed by atoms with Crippen LogP contribution in [0.2, 0.25) is 0 Å². The van der Waals surface area contributed by atoms with Crippen LogP contribution in [0.4, 0.5) is 29.7 Å². The number of likely N-dealkylation sites (N-methyl/N-ethyl adjacent to an activating group) is 1. The Morgan fingerprint density at radius 3 is 2.61 bits per heavy atom. The Balaban J connectivity index is 1.45. The molecule has 0 spiro atoms. The number of nitrogens with one attached hydrogen (secondary N) is 1. The molecule has 1 N–H and O–H groups in total. The first-order valence-electron chi connectivity index (χ1n) is 10.1. The third kappa shape index (κ3) is 5.81. The quantitative estimate of drug-likeness (QED) is 0.319. The van der Waals surface area contributed by atoms with Crippen LogP contribution >= 0.6 is 11.3 Å². The molecule has 0 bridgehead atoms. The number of pyridine rings is 1. The molecule has 0 atom stereocenters. The summed E-state index contributed by atoms with van der Waals surface area (Å²) in [5, 5.41) is 5.26. The number of para-hydroxylation sites is 1. The summed E-state index contributed by atoms with van der Waals surface area (Å²) in [6.07, 6.45) is -1.21. The molecule has 170 valence electrons. The average molecular weight is 471 g/mol. The first-order valence-corrected chi connectivity index (χ1v) is 11.0. The molecule has 33 heavy (non-hydrogen) atoms. The lowest BCUT2D eigenvalue weighted by molar-refractivity contribution is -0.138. The Hall–Kier alpha value is -3.59. The molecule has 4 rings (SSSR count). The van der Waals surface area contributed by atoms with Gasteiger partial charge in [0.05, 0.1) is 17.8 Å². The molecule has 2 heterocycles. The number of nitrogens with zero attached hydrogens (tertiary/aromatic N) is 3. The minimum absolute atomic E-state index is 0.113. The van der Waals surface area contributed by atoms with Gasteiger partial charge >= 0.3 is 6.18 Å². The van der Waals surface area contributed by atoms with Gasteiger partial charge < -0.3 is 15.0 Å². The van der Waals surface area contributed by atoms with E-state index in [1.54, 1.807) is 24.5 Å². The highest BCUT2D eigenvalue weighted by Gasteiger charge is 2.35.